The van der Waals surface area contributed by atoms with Crippen molar-refractivity contribution in [3.63, 3.8) is 0 Å². The molecule has 0 aliphatic carbocycles. The van der Waals surface area contributed by atoms with Crippen LogP contribution in [0.4, 0.5) is 0 Å². The van der Waals surface area contributed by atoms with Crippen LogP contribution in [0.2, 0.25) is 0 Å². The van der Waals surface area contributed by atoms with Gasteiger partial charge in [-0.15, -0.1) is 0 Å². The average Bonchev–Trinajstić information content (AvgIpc) is 2.89. The van der Waals surface area contributed by atoms with Gasteiger partial charge >= 0.3 is 11.9 Å². The summed E-state index contributed by atoms with van der Waals surface area (Å²) < 4.78 is 38.0. The number of hydrogen-bond donors (Lipinski definition) is 2. The van der Waals surface area contributed by atoms with Gasteiger partial charge < -0.3 is 43.4 Å². The maximum Gasteiger partial charge on any atom is 0.339 e. The van der Waals surface area contributed by atoms with Crippen LogP contribution >= 0.6 is 0 Å². The van der Waals surface area contributed by atoms with Crippen LogP contribution in [0.15, 0.2) is 30.3 Å². The van der Waals surface area contributed by atoms with Crippen molar-refractivity contribution in [2.45, 2.75) is 30.5 Å². The number of ether oxygens (including phenoxy) is 7. The quantitative estimate of drug-likeness (QED) is 0.543. The second kappa shape index (κ2) is 9.98. The SMILES string of the molecule is COc1ccc(C(=O)OC[C@H]2O[C@H]3c4c(cc(OC)c(OC)c4OC)C(=O)O[C@@H]3[C@@H](O)[C@@H]2O)cc1. The standard InChI is InChI=1S/C24H26O11/c1-29-12-7-5-11(6-8-12)23(27)33-10-15-17(25)18(26)22-21(34-15)16-13(24(28)35-22)9-14(30-2)19(31-3)20(16)32-4/h5-9,15,17-18,21-22,25-26H,10H2,1-4H3/t15-,17-,18+,21+,22-/m1/s1. The predicted molar refractivity (Wildman–Crippen MR) is 118 cm³/mol. The number of carbonyl (C=O) groups is 2. The number of fused-ring (bicyclic) bond motifs is 3. The van der Waals surface area contributed by atoms with Crippen molar-refractivity contribution in [3.8, 4) is 23.0 Å². The second-order valence-electron chi connectivity index (χ2n) is 7.88. The van der Waals surface area contributed by atoms with Crippen molar-refractivity contribution < 1.29 is 53.0 Å². The zero-order valence-corrected chi connectivity index (χ0v) is 19.5. The number of carbonyl (C=O) groups excluding carboxylic acids is 2. The average molecular weight is 490 g/mol. The van der Waals surface area contributed by atoms with Gasteiger partial charge in [-0.25, -0.2) is 9.59 Å². The Bertz CT molecular complexity index is 1100. The highest BCUT2D eigenvalue weighted by atomic mass is 16.6. The van der Waals surface area contributed by atoms with Crippen molar-refractivity contribution in [1.82, 2.24) is 0 Å². The van der Waals surface area contributed by atoms with Crippen LogP contribution in [0.1, 0.15) is 32.4 Å². The number of aliphatic hydroxyl groups is 2. The number of esters is 2. The molecule has 0 radical (unpaired) electrons. The largest absolute Gasteiger partial charge is 0.497 e. The van der Waals surface area contributed by atoms with Gasteiger partial charge in [0.2, 0.25) is 5.75 Å². The van der Waals surface area contributed by atoms with Crippen molar-refractivity contribution in [2.24, 2.45) is 0 Å². The number of methoxy groups -OCH3 is 4. The van der Waals surface area contributed by atoms with Gasteiger partial charge in [0.25, 0.3) is 0 Å². The van der Waals surface area contributed by atoms with Gasteiger partial charge in [0.05, 0.1) is 39.6 Å². The normalized spacial score (nSPS) is 25.0. The van der Waals surface area contributed by atoms with Crippen molar-refractivity contribution in [1.29, 1.82) is 0 Å². The molecule has 2 aromatic carbocycles. The Morgan fingerprint density at radius 1 is 0.943 bits per heavy atom. The van der Waals surface area contributed by atoms with Gasteiger partial charge in [-0.1, -0.05) is 0 Å². The Kier molecular flexibility index (Phi) is 7.01. The van der Waals surface area contributed by atoms with E-state index in [0.717, 1.165) is 0 Å². The van der Waals surface area contributed by atoms with Crippen molar-refractivity contribution in [3.05, 3.63) is 47.0 Å². The first-order valence-corrected chi connectivity index (χ1v) is 10.7. The molecule has 2 aliphatic heterocycles. The summed E-state index contributed by atoms with van der Waals surface area (Å²) in [6, 6.07) is 7.71. The zero-order chi connectivity index (χ0) is 25.3. The second-order valence-corrected chi connectivity index (χ2v) is 7.88. The summed E-state index contributed by atoms with van der Waals surface area (Å²) in [6.45, 7) is -0.370. The molecule has 0 saturated carbocycles. The monoisotopic (exact) mass is 490 g/mol. The molecule has 4 rings (SSSR count). The Labute approximate surface area is 201 Å². The molecule has 188 valence electrons. The first-order chi connectivity index (χ1) is 16.8. The summed E-state index contributed by atoms with van der Waals surface area (Å²) in [6.07, 6.45) is -6.42. The minimum atomic E-state index is -1.52. The highest BCUT2D eigenvalue weighted by Gasteiger charge is 2.52. The highest BCUT2D eigenvalue weighted by Crippen LogP contribution is 2.50. The molecule has 35 heavy (non-hydrogen) atoms. The van der Waals surface area contributed by atoms with Crippen LogP contribution in [0, 0.1) is 0 Å². The number of hydrogen-bond acceptors (Lipinski definition) is 11. The summed E-state index contributed by atoms with van der Waals surface area (Å²) in [7, 11) is 5.71. The number of rotatable bonds is 7. The lowest BCUT2D eigenvalue weighted by Crippen LogP contribution is -2.58. The molecular weight excluding hydrogens is 464 g/mol. The van der Waals surface area contributed by atoms with E-state index in [0.29, 0.717) is 5.75 Å². The third-order valence-electron chi connectivity index (χ3n) is 6.01. The summed E-state index contributed by atoms with van der Waals surface area (Å²) in [5.74, 6) is -0.215. The summed E-state index contributed by atoms with van der Waals surface area (Å²) in [5.41, 5.74) is 0.632. The molecule has 11 nitrogen and oxygen atoms in total. The Balaban J connectivity index is 1.62. The third kappa shape index (κ3) is 4.33. The minimum absolute atomic E-state index is 0.0957. The molecule has 2 aromatic rings. The maximum atomic E-state index is 12.7. The van der Waals surface area contributed by atoms with Crippen LogP contribution in [0.25, 0.3) is 0 Å². The van der Waals surface area contributed by atoms with E-state index in [9.17, 15) is 19.8 Å². The fourth-order valence-electron chi connectivity index (χ4n) is 4.23. The molecule has 1 saturated heterocycles. The molecule has 0 amide bonds. The molecule has 5 atom stereocenters. The van der Waals surface area contributed by atoms with Gasteiger partial charge in [0.15, 0.2) is 17.6 Å². The van der Waals surface area contributed by atoms with E-state index in [1.54, 1.807) is 12.1 Å². The fraction of sp³-hybridized carbons (Fsp3) is 0.417. The molecule has 2 aliphatic rings. The number of aliphatic hydroxyl groups excluding tert-OH is 2. The lowest BCUT2D eigenvalue weighted by atomic mass is 9.86. The Hall–Kier alpha value is -3.54. The lowest BCUT2D eigenvalue weighted by molar-refractivity contribution is -0.235. The first-order valence-electron chi connectivity index (χ1n) is 10.7. The van der Waals surface area contributed by atoms with E-state index >= 15 is 0 Å². The van der Waals surface area contributed by atoms with Gasteiger partial charge in [-0.05, 0) is 30.3 Å². The van der Waals surface area contributed by atoms with Crippen molar-refractivity contribution >= 4 is 11.9 Å². The molecule has 0 spiro atoms. The van der Waals surface area contributed by atoms with E-state index in [-0.39, 0.29) is 40.5 Å². The Morgan fingerprint density at radius 3 is 2.23 bits per heavy atom. The van der Waals surface area contributed by atoms with Gasteiger partial charge in [0.1, 0.15) is 36.8 Å². The molecule has 1 fully saturated rings. The van der Waals surface area contributed by atoms with Crippen LogP contribution in [-0.4, -0.2) is 81.6 Å². The van der Waals surface area contributed by atoms with Crippen LogP contribution < -0.4 is 18.9 Å². The van der Waals surface area contributed by atoms with E-state index < -0.39 is 42.5 Å². The highest BCUT2D eigenvalue weighted by molar-refractivity contribution is 5.95. The Morgan fingerprint density at radius 2 is 1.63 bits per heavy atom. The molecular formula is C24H26O11. The van der Waals surface area contributed by atoms with Crippen LogP contribution in [0.3, 0.4) is 0 Å². The third-order valence-corrected chi connectivity index (χ3v) is 6.01. The topological polar surface area (TPSA) is 139 Å². The zero-order valence-electron chi connectivity index (χ0n) is 19.5. The molecule has 0 bridgehead atoms. The molecule has 11 heteroatoms. The molecule has 0 aromatic heterocycles. The van der Waals surface area contributed by atoms with E-state index in [1.807, 2.05) is 0 Å². The lowest BCUT2D eigenvalue weighted by Gasteiger charge is -2.45. The summed E-state index contributed by atoms with van der Waals surface area (Å²) in [4.78, 5) is 25.2. The van der Waals surface area contributed by atoms with E-state index in [1.165, 1.54) is 46.6 Å². The van der Waals surface area contributed by atoms with Crippen LogP contribution in [0.5, 0.6) is 23.0 Å². The number of benzene rings is 2. The first kappa shape index (κ1) is 24.6. The van der Waals surface area contributed by atoms with Crippen molar-refractivity contribution in [2.75, 3.05) is 35.0 Å². The van der Waals surface area contributed by atoms with E-state index in [2.05, 4.69) is 0 Å². The van der Waals surface area contributed by atoms with Gasteiger partial charge in [-0.2, -0.15) is 0 Å². The fourth-order valence-corrected chi connectivity index (χ4v) is 4.23. The molecule has 0 unspecified atom stereocenters. The smallest absolute Gasteiger partial charge is 0.339 e. The maximum absolute atomic E-state index is 12.7. The van der Waals surface area contributed by atoms with Gasteiger partial charge in [0, 0.05) is 5.56 Å². The minimum Gasteiger partial charge on any atom is -0.497 e. The summed E-state index contributed by atoms with van der Waals surface area (Å²) in [5, 5.41) is 21.4. The molecule has 2 heterocycles. The molecule has 2 N–H and O–H groups in total. The van der Waals surface area contributed by atoms with Crippen LogP contribution in [-0.2, 0) is 14.2 Å². The summed E-state index contributed by atoms with van der Waals surface area (Å²) >= 11 is 0. The van der Waals surface area contributed by atoms with E-state index in [4.69, 9.17) is 33.2 Å². The predicted octanol–water partition coefficient (Wildman–Crippen LogP) is 1.28. The van der Waals surface area contributed by atoms with Gasteiger partial charge in [-0.3, -0.25) is 0 Å².